The third-order valence-corrected chi connectivity index (χ3v) is 8.29. The maximum absolute atomic E-state index is 13.7. The molecule has 0 aliphatic carbocycles. The Balaban J connectivity index is 1.49. The van der Waals surface area contributed by atoms with Crippen molar-refractivity contribution in [1.29, 1.82) is 0 Å². The van der Waals surface area contributed by atoms with Gasteiger partial charge in [0.2, 0.25) is 5.91 Å². The predicted octanol–water partition coefficient (Wildman–Crippen LogP) is 6.22. The van der Waals surface area contributed by atoms with Crippen molar-refractivity contribution < 1.29 is 22.7 Å². The highest BCUT2D eigenvalue weighted by molar-refractivity contribution is 7.98. The van der Waals surface area contributed by atoms with Crippen LogP contribution in [-0.4, -0.2) is 33.7 Å². The molecule has 202 valence electrons. The first kappa shape index (κ1) is 28.1. The van der Waals surface area contributed by atoms with Gasteiger partial charge in [0, 0.05) is 10.6 Å². The van der Waals surface area contributed by atoms with E-state index < -0.39 is 22.5 Å². The van der Waals surface area contributed by atoms with Gasteiger partial charge in [0.05, 0.1) is 17.2 Å². The van der Waals surface area contributed by atoms with Crippen LogP contribution in [0.3, 0.4) is 0 Å². The average Bonchev–Trinajstić information content (AvgIpc) is 2.97. The van der Waals surface area contributed by atoms with Gasteiger partial charge < -0.3 is 14.8 Å². The van der Waals surface area contributed by atoms with Crippen LogP contribution in [-0.2, 0) is 21.4 Å². The molecule has 0 aliphatic rings. The normalized spacial score (nSPS) is 11.0. The van der Waals surface area contributed by atoms with Gasteiger partial charge in [-0.2, -0.15) is 0 Å². The van der Waals surface area contributed by atoms with Crippen LogP contribution in [0.2, 0.25) is 0 Å². The van der Waals surface area contributed by atoms with Crippen LogP contribution in [0.4, 0.5) is 11.4 Å². The maximum atomic E-state index is 13.7. The zero-order valence-corrected chi connectivity index (χ0v) is 23.4. The van der Waals surface area contributed by atoms with E-state index in [0.29, 0.717) is 36.1 Å². The Labute approximate surface area is 233 Å². The van der Waals surface area contributed by atoms with E-state index in [1.165, 1.54) is 11.8 Å². The fraction of sp³-hybridized carbons (Fsp3) is 0.167. The molecule has 0 bridgehead atoms. The van der Waals surface area contributed by atoms with Crippen molar-refractivity contribution in [3.8, 4) is 11.5 Å². The molecule has 4 aromatic rings. The molecule has 1 amide bonds. The maximum Gasteiger partial charge on any atom is 0.264 e. The third-order valence-electron chi connectivity index (χ3n) is 5.76. The number of benzene rings is 4. The molecule has 0 unspecified atom stereocenters. The zero-order valence-electron chi connectivity index (χ0n) is 21.7. The van der Waals surface area contributed by atoms with Gasteiger partial charge in [-0.15, -0.1) is 11.8 Å². The van der Waals surface area contributed by atoms with E-state index >= 15 is 0 Å². The Morgan fingerprint density at radius 1 is 0.821 bits per heavy atom. The Kier molecular flexibility index (Phi) is 9.51. The molecule has 0 saturated carbocycles. The molecular weight excluding hydrogens is 532 g/mol. The molecule has 4 aromatic carbocycles. The Morgan fingerprint density at radius 2 is 1.44 bits per heavy atom. The molecule has 0 aliphatic heterocycles. The second kappa shape index (κ2) is 13.2. The Bertz CT molecular complexity index is 1460. The topological polar surface area (TPSA) is 84.9 Å². The molecule has 7 nitrogen and oxygen atoms in total. The number of hydrogen-bond donors (Lipinski definition) is 1. The van der Waals surface area contributed by atoms with E-state index in [-0.39, 0.29) is 4.90 Å². The second-order valence-electron chi connectivity index (χ2n) is 8.46. The Morgan fingerprint density at radius 3 is 2.05 bits per heavy atom. The molecular formula is C30H30N2O5S2. The van der Waals surface area contributed by atoms with Crippen LogP contribution in [0.15, 0.2) is 113 Å². The number of sulfonamides is 1. The van der Waals surface area contributed by atoms with Crippen LogP contribution >= 0.6 is 11.8 Å². The first-order valence-electron chi connectivity index (χ1n) is 12.4. The molecule has 1 N–H and O–H groups in total. The quantitative estimate of drug-likeness (QED) is 0.206. The predicted molar refractivity (Wildman–Crippen MR) is 156 cm³/mol. The Hall–Kier alpha value is -3.95. The number of nitrogens with one attached hydrogen (secondary N) is 1. The summed E-state index contributed by atoms with van der Waals surface area (Å²) < 4.78 is 39.7. The summed E-state index contributed by atoms with van der Waals surface area (Å²) in [5.41, 5.74) is 1.93. The summed E-state index contributed by atoms with van der Waals surface area (Å²) >= 11 is 1.52. The highest BCUT2D eigenvalue weighted by atomic mass is 32.2. The number of thioether (sulfide) groups is 1. The highest BCUT2D eigenvalue weighted by Crippen LogP contribution is 2.27. The van der Waals surface area contributed by atoms with E-state index in [1.807, 2.05) is 43.5 Å². The number of carbonyl (C=O) groups excluding carboxylic acids is 1. The van der Waals surface area contributed by atoms with Crippen LogP contribution < -0.4 is 19.1 Å². The SMILES string of the molecule is CCOc1ccc(N(CC(=O)Nc2ccc(OCc3ccccc3)cc2)S(=O)(=O)c2ccc(SC)cc2)cc1. The van der Waals surface area contributed by atoms with E-state index in [0.717, 1.165) is 14.8 Å². The summed E-state index contributed by atoms with van der Waals surface area (Å²) in [6, 6.07) is 30.0. The van der Waals surface area contributed by atoms with Crippen LogP contribution in [0.5, 0.6) is 11.5 Å². The van der Waals surface area contributed by atoms with Crippen LogP contribution in [0.1, 0.15) is 12.5 Å². The number of carbonyl (C=O) groups is 1. The smallest absolute Gasteiger partial charge is 0.264 e. The van der Waals surface area contributed by atoms with E-state index in [2.05, 4.69) is 5.32 Å². The number of amides is 1. The van der Waals surface area contributed by atoms with E-state index in [1.54, 1.807) is 72.8 Å². The molecule has 4 rings (SSSR count). The monoisotopic (exact) mass is 562 g/mol. The molecule has 0 atom stereocenters. The molecule has 0 saturated heterocycles. The van der Waals surface area contributed by atoms with Crippen molar-refractivity contribution >= 4 is 39.1 Å². The summed E-state index contributed by atoms with van der Waals surface area (Å²) in [4.78, 5) is 14.1. The van der Waals surface area contributed by atoms with Gasteiger partial charge in [-0.05, 0) is 91.5 Å². The summed E-state index contributed by atoms with van der Waals surface area (Å²) in [7, 11) is -4.03. The van der Waals surface area contributed by atoms with E-state index in [4.69, 9.17) is 9.47 Å². The molecule has 0 spiro atoms. The molecule has 0 aromatic heterocycles. The lowest BCUT2D eigenvalue weighted by atomic mass is 10.2. The van der Waals surface area contributed by atoms with Gasteiger partial charge in [-0.3, -0.25) is 9.10 Å². The first-order chi connectivity index (χ1) is 18.9. The highest BCUT2D eigenvalue weighted by Gasteiger charge is 2.27. The van der Waals surface area contributed by atoms with Crippen molar-refractivity contribution in [1.82, 2.24) is 0 Å². The van der Waals surface area contributed by atoms with Crippen molar-refractivity contribution in [3.05, 3.63) is 109 Å². The largest absolute Gasteiger partial charge is 0.494 e. The van der Waals surface area contributed by atoms with E-state index in [9.17, 15) is 13.2 Å². The van der Waals surface area contributed by atoms with Gasteiger partial charge in [-0.25, -0.2) is 8.42 Å². The lowest BCUT2D eigenvalue weighted by Crippen LogP contribution is -2.38. The zero-order chi connectivity index (χ0) is 27.7. The lowest BCUT2D eigenvalue weighted by Gasteiger charge is -2.24. The van der Waals surface area contributed by atoms with Gasteiger partial charge in [0.25, 0.3) is 10.0 Å². The minimum absolute atomic E-state index is 0.0990. The summed E-state index contributed by atoms with van der Waals surface area (Å²) in [5.74, 6) is 0.789. The minimum atomic E-state index is -4.03. The summed E-state index contributed by atoms with van der Waals surface area (Å²) in [6.45, 7) is 2.38. The molecule has 0 fully saturated rings. The van der Waals surface area contributed by atoms with Crippen molar-refractivity contribution in [2.75, 3.05) is 29.0 Å². The van der Waals surface area contributed by atoms with Gasteiger partial charge >= 0.3 is 0 Å². The lowest BCUT2D eigenvalue weighted by molar-refractivity contribution is -0.114. The minimum Gasteiger partial charge on any atom is -0.494 e. The molecule has 9 heteroatoms. The fourth-order valence-electron chi connectivity index (χ4n) is 3.77. The van der Waals surface area contributed by atoms with Crippen molar-refractivity contribution in [2.24, 2.45) is 0 Å². The van der Waals surface area contributed by atoms with Gasteiger partial charge in [0.1, 0.15) is 24.7 Å². The van der Waals surface area contributed by atoms with Crippen LogP contribution in [0, 0.1) is 0 Å². The number of hydrogen-bond acceptors (Lipinski definition) is 6. The fourth-order valence-corrected chi connectivity index (χ4v) is 5.60. The summed E-state index contributed by atoms with van der Waals surface area (Å²) in [6.07, 6.45) is 1.92. The van der Waals surface area contributed by atoms with Gasteiger partial charge in [-0.1, -0.05) is 30.3 Å². The number of rotatable bonds is 12. The molecule has 39 heavy (non-hydrogen) atoms. The van der Waals surface area contributed by atoms with Gasteiger partial charge in [0.15, 0.2) is 0 Å². The summed E-state index contributed by atoms with van der Waals surface area (Å²) in [5, 5.41) is 2.79. The van der Waals surface area contributed by atoms with Crippen molar-refractivity contribution in [2.45, 2.75) is 23.3 Å². The first-order valence-corrected chi connectivity index (χ1v) is 15.0. The molecule has 0 heterocycles. The molecule has 0 radical (unpaired) electrons. The van der Waals surface area contributed by atoms with Crippen molar-refractivity contribution in [3.63, 3.8) is 0 Å². The number of nitrogens with zero attached hydrogens (tertiary/aromatic N) is 1. The average molecular weight is 563 g/mol. The number of ether oxygens (including phenoxy) is 2. The second-order valence-corrected chi connectivity index (χ2v) is 11.2. The standard InChI is InChI=1S/C30H30N2O5S2/c1-3-36-26-15-11-25(12-16-26)32(39(34,35)29-19-17-28(38-2)18-20-29)21-30(33)31-24-9-13-27(14-10-24)37-22-23-7-5-4-6-8-23/h4-20H,3,21-22H2,1-2H3,(H,31,33). The van der Waals surface area contributed by atoms with Crippen LogP contribution in [0.25, 0.3) is 0 Å². The number of anilines is 2. The third kappa shape index (κ3) is 7.55.